The van der Waals surface area contributed by atoms with E-state index in [4.69, 9.17) is 9.47 Å². The number of piperidine rings is 1. The molecule has 1 amide bonds. The molecule has 3 heterocycles. The Morgan fingerprint density at radius 1 is 1.11 bits per heavy atom. The van der Waals surface area contributed by atoms with Crippen LogP contribution in [0, 0.1) is 0 Å². The summed E-state index contributed by atoms with van der Waals surface area (Å²) in [5, 5.41) is 15.9. The van der Waals surface area contributed by atoms with Crippen molar-refractivity contribution in [3.8, 4) is 0 Å². The second-order valence-corrected chi connectivity index (χ2v) is 10.0. The van der Waals surface area contributed by atoms with Crippen molar-refractivity contribution in [3.63, 3.8) is 0 Å². The van der Waals surface area contributed by atoms with Crippen molar-refractivity contribution in [2.75, 3.05) is 38.7 Å². The summed E-state index contributed by atoms with van der Waals surface area (Å²) in [4.78, 5) is 29.2. The number of nitrogens with one attached hydrogen (secondary N) is 2. The number of esters is 1. The highest BCUT2D eigenvalue weighted by molar-refractivity contribution is 6.07. The maximum atomic E-state index is 13.7. The molecule has 5 rings (SSSR count). The van der Waals surface area contributed by atoms with Crippen LogP contribution in [0.4, 0.5) is 5.69 Å². The molecular formula is C30H35N3O5. The number of nitrogens with zero attached hydrogens (tertiary/aromatic N) is 1. The molecule has 38 heavy (non-hydrogen) atoms. The number of para-hydroxylation sites is 1. The van der Waals surface area contributed by atoms with Crippen LogP contribution in [0.2, 0.25) is 0 Å². The summed E-state index contributed by atoms with van der Waals surface area (Å²) in [6.45, 7) is 2.37. The van der Waals surface area contributed by atoms with Gasteiger partial charge in [0, 0.05) is 31.4 Å². The van der Waals surface area contributed by atoms with Crippen molar-refractivity contribution in [3.05, 3.63) is 89.5 Å². The summed E-state index contributed by atoms with van der Waals surface area (Å²) in [7, 11) is 1.34. The van der Waals surface area contributed by atoms with Gasteiger partial charge in [-0.15, -0.1) is 0 Å². The lowest BCUT2D eigenvalue weighted by atomic mass is 9.78. The second kappa shape index (κ2) is 11.5. The van der Waals surface area contributed by atoms with Gasteiger partial charge in [-0.25, -0.2) is 4.79 Å². The molecule has 0 radical (unpaired) electrons. The normalized spacial score (nSPS) is 23.9. The minimum atomic E-state index is -1.17. The van der Waals surface area contributed by atoms with Crippen LogP contribution in [0.5, 0.6) is 0 Å². The van der Waals surface area contributed by atoms with E-state index in [2.05, 4.69) is 15.5 Å². The fourth-order valence-corrected chi connectivity index (χ4v) is 5.76. The predicted molar refractivity (Wildman–Crippen MR) is 144 cm³/mol. The summed E-state index contributed by atoms with van der Waals surface area (Å²) in [5.41, 5.74) is 1.38. The third kappa shape index (κ3) is 5.25. The fourth-order valence-electron chi connectivity index (χ4n) is 5.76. The molecule has 3 N–H and O–H groups in total. The Hall–Kier alpha value is -3.46. The third-order valence-corrected chi connectivity index (χ3v) is 7.67. The standard InChI is InChI=1S/C30H35N3O5/c1-37-29(36)27-26(28(35)32-23-13-16-33(17-14-23)18-19-34)24-12-15-30(27,38-24)25(20-21-8-4-2-5-9-21)31-22-10-6-3-7-11-22/h2-12,15,23-25,31,34H,13-14,16-20H2,1H3,(H,32,35). The summed E-state index contributed by atoms with van der Waals surface area (Å²) in [6, 6.07) is 19.4. The molecule has 1 fully saturated rings. The molecule has 2 bridgehead atoms. The molecule has 8 heteroatoms. The summed E-state index contributed by atoms with van der Waals surface area (Å²) >= 11 is 0. The van der Waals surface area contributed by atoms with Crippen LogP contribution in [0.1, 0.15) is 18.4 Å². The fraction of sp³-hybridized carbons (Fsp3) is 0.400. The molecule has 1 saturated heterocycles. The highest BCUT2D eigenvalue weighted by atomic mass is 16.5. The van der Waals surface area contributed by atoms with Crippen LogP contribution in [0.15, 0.2) is 84.0 Å². The van der Waals surface area contributed by atoms with E-state index in [1.807, 2.05) is 72.8 Å². The molecule has 0 aliphatic carbocycles. The van der Waals surface area contributed by atoms with Crippen LogP contribution >= 0.6 is 0 Å². The maximum Gasteiger partial charge on any atom is 0.337 e. The number of carbonyl (C=O) groups is 2. The number of anilines is 1. The summed E-state index contributed by atoms with van der Waals surface area (Å²) < 4.78 is 11.8. The van der Waals surface area contributed by atoms with E-state index in [-0.39, 0.29) is 30.2 Å². The van der Waals surface area contributed by atoms with Gasteiger partial charge in [0.15, 0.2) is 0 Å². The number of β-amino-alcohol motifs (C(OH)–C–C–N with tert-alkyl or cyclic N) is 1. The maximum absolute atomic E-state index is 13.7. The van der Waals surface area contributed by atoms with Gasteiger partial charge in [-0.2, -0.15) is 0 Å². The first kappa shape index (κ1) is 26.2. The van der Waals surface area contributed by atoms with Gasteiger partial charge in [0.1, 0.15) is 11.7 Å². The Kier molecular flexibility index (Phi) is 7.93. The summed E-state index contributed by atoms with van der Waals surface area (Å²) in [6.07, 6.45) is 5.27. The van der Waals surface area contributed by atoms with Crippen molar-refractivity contribution >= 4 is 17.6 Å². The number of carbonyl (C=O) groups excluding carboxylic acids is 2. The Morgan fingerprint density at radius 3 is 2.45 bits per heavy atom. The molecule has 8 nitrogen and oxygen atoms in total. The zero-order valence-electron chi connectivity index (χ0n) is 21.6. The van der Waals surface area contributed by atoms with Crippen LogP contribution in [0.3, 0.4) is 0 Å². The Morgan fingerprint density at radius 2 is 1.79 bits per heavy atom. The molecule has 200 valence electrons. The quantitative estimate of drug-likeness (QED) is 0.329. The number of ether oxygens (including phenoxy) is 2. The van der Waals surface area contributed by atoms with Crippen LogP contribution < -0.4 is 10.6 Å². The highest BCUT2D eigenvalue weighted by Crippen LogP contribution is 2.47. The number of amides is 1. The lowest BCUT2D eigenvalue weighted by Gasteiger charge is -2.36. The van der Waals surface area contributed by atoms with Crippen LogP contribution in [0.25, 0.3) is 0 Å². The minimum absolute atomic E-state index is 0.00884. The molecule has 3 aliphatic rings. The van der Waals surface area contributed by atoms with Crippen molar-refractivity contribution < 1.29 is 24.2 Å². The van der Waals surface area contributed by atoms with Crippen molar-refractivity contribution in [1.29, 1.82) is 0 Å². The summed E-state index contributed by atoms with van der Waals surface area (Å²) in [5.74, 6) is -0.854. The average Bonchev–Trinajstić information content (AvgIpc) is 3.53. The van der Waals surface area contributed by atoms with E-state index < -0.39 is 17.7 Å². The Balaban J connectivity index is 1.46. The number of benzene rings is 2. The van der Waals surface area contributed by atoms with E-state index in [1.165, 1.54) is 7.11 Å². The molecule has 0 spiro atoms. The van der Waals surface area contributed by atoms with Gasteiger partial charge in [0.2, 0.25) is 0 Å². The number of hydrogen-bond donors (Lipinski definition) is 3. The molecule has 3 aliphatic heterocycles. The van der Waals surface area contributed by atoms with E-state index in [0.717, 1.165) is 37.2 Å². The molecule has 3 atom stereocenters. The number of hydrogen-bond acceptors (Lipinski definition) is 7. The number of aliphatic hydroxyl groups excluding tert-OH is 1. The Labute approximate surface area is 223 Å². The molecular weight excluding hydrogens is 482 g/mol. The minimum Gasteiger partial charge on any atom is -0.466 e. The van der Waals surface area contributed by atoms with Crippen molar-refractivity contribution in [2.24, 2.45) is 0 Å². The van der Waals surface area contributed by atoms with Crippen molar-refractivity contribution in [1.82, 2.24) is 10.2 Å². The number of likely N-dealkylation sites (tertiary alicyclic amines) is 1. The van der Waals surface area contributed by atoms with Gasteiger partial charge < -0.3 is 30.1 Å². The number of rotatable bonds is 10. The Bertz CT molecular complexity index is 1150. The monoisotopic (exact) mass is 517 g/mol. The van der Waals surface area contributed by atoms with Gasteiger partial charge >= 0.3 is 5.97 Å². The molecule has 0 saturated carbocycles. The van der Waals surface area contributed by atoms with Gasteiger partial charge in [-0.1, -0.05) is 54.6 Å². The zero-order chi connectivity index (χ0) is 26.5. The first-order valence-corrected chi connectivity index (χ1v) is 13.2. The van der Waals surface area contributed by atoms with E-state index in [0.29, 0.717) is 18.5 Å². The predicted octanol–water partition coefficient (Wildman–Crippen LogP) is 2.46. The lowest BCUT2D eigenvalue weighted by Crippen LogP contribution is -2.50. The highest BCUT2D eigenvalue weighted by Gasteiger charge is 2.58. The first-order chi connectivity index (χ1) is 18.5. The van der Waals surface area contributed by atoms with Crippen molar-refractivity contribution in [2.45, 2.75) is 43.1 Å². The molecule has 2 aromatic carbocycles. The average molecular weight is 518 g/mol. The van der Waals surface area contributed by atoms with Gasteiger partial charge in [0.05, 0.1) is 30.9 Å². The zero-order valence-corrected chi connectivity index (χ0v) is 21.6. The molecule has 0 aromatic heterocycles. The topological polar surface area (TPSA) is 100 Å². The van der Waals surface area contributed by atoms with Crippen LogP contribution in [-0.2, 0) is 25.5 Å². The van der Waals surface area contributed by atoms with Crippen LogP contribution in [-0.4, -0.2) is 79.0 Å². The SMILES string of the molecule is COC(=O)C1=C(C(=O)NC2CCN(CCO)CC2)C2C=CC1(C(Cc1ccccc1)Nc1ccccc1)O2. The molecule has 2 aromatic rings. The van der Waals surface area contributed by atoms with Gasteiger partial charge in [-0.05, 0) is 43.0 Å². The van der Waals surface area contributed by atoms with E-state index in [1.54, 1.807) is 0 Å². The van der Waals surface area contributed by atoms with Gasteiger partial charge in [-0.3, -0.25) is 4.79 Å². The molecule has 3 unspecified atom stereocenters. The van der Waals surface area contributed by atoms with E-state index >= 15 is 0 Å². The lowest BCUT2D eigenvalue weighted by molar-refractivity contribution is -0.138. The van der Waals surface area contributed by atoms with Gasteiger partial charge in [0.25, 0.3) is 5.91 Å². The first-order valence-electron chi connectivity index (χ1n) is 13.2. The van der Waals surface area contributed by atoms with E-state index in [9.17, 15) is 14.7 Å². The second-order valence-electron chi connectivity index (χ2n) is 10.0. The smallest absolute Gasteiger partial charge is 0.337 e. The third-order valence-electron chi connectivity index (χ3n) is 7.67. The largest absolute Gasteiger partial charge is 0.466 e. The number of fused-ring (bicyclic) bond motifs is 2. The number of aliphatic hydroxyl groups is 1. The number of methoxy groups -OCH3 is 1.